The molecule has 110 valence electrons. The van der Waals surface area contributed by atoms with Gasteiger partial charge in [-0.15, -0.1) is 0 Å². The van der Waals surface area contributed by atoms with E-state index in [-0.39, 0.29) is 11.1 Å². The zero-order valence-electron chi connectivity index (χ0n) is 11.6. The first-order valence-corrected chi connectivity index (χ1v) is 6.53. The van der Waals surface area contributed by atoms with E-state index in [4.69, 9.17) is 4.74 Å². The summed E-state index contributed by atoms with van der Waals surface area (Å²) < 4.78 is 32.3. The monoisotopic (exact) mass is 299 g/mol. The molecule has 0 saturated heterocycles. The van der Waals surface area contributed by atoms with Crippen LogP contribution in [0.25, 0.3) is 22.0 Å². The van der Waals surface area contributed by atoms with Gasteiger partial charge in [-0.25, -0.2) is 13.6 Å². The van der Waals surface area contributed by atoms with E-state index in [1.165, 1.54) is 25.3 Å². The van der Waals surface area contributed by atoms with E-state index in [0.717, 1.165) is 6.07 Å². The fourth-order valence-corrected chi connectivity index (χ4v) is 2.35. The zero-order chi connectivity index (χ0) is 15.7. The number of ether oxygens (including phenoxy) is 1. The summed E-state index contributed by atoms with van der Waals surface area (Å²) in [5.41, 5.74) is 1.20. The van der Waals surface area contributed by atoms with Crippen LogP contribution < -0.4 is 0 Å². The molecule has 0 N–H and O–H groups in total. The van der Waals surface area contributed by atoms with Crippen LogP contribution in [-0.4, -0.2) is 18.1 Å². The number of nitrogens with zero attached hydrogens (tertiary/aromatic N) is 1. The number of carbonyl (C=O) groups excluding carboxylic acids is 1. The molecule has 0 aliphatic carbocycles. The van der Waals surface area contributed by atoms with Crippen LogP contribution in [0.5, 0.6) is 0 Å². The van der Waals surface area contributed by atoms with Gasteiger partial charge in [0.25, 0.3) is 0 Å². The second-order valence-corrected chi connectivity index (χ2v) is 4.69. The Morgan fingerprint density at radius 2 is 1.91 bits per heavy atom. The first kappa shape index (κ1) is 14.1. The Kier molecular flexibility index (Phi) is 3.55. The van der Waals surface area contributed by atoms with Gasteiger partial charge >= 0.3 is 5.97 Å². The topological polar surface area (TPSA) is 39.2 Å². The standard InChI is InChI=1S/C17H11F2NO2/c1-22-17(21)10-8-13(11-5-3-7-20-15(11)9-10)12-4-2-6-14(18)16(12)19/h2-9H,1H3. The molecule has 0 amide bonds. The van der Waals surface area contributed by atoms with Crippen molar-refractivity contribution in [2.45, 2.75) is 0 Å². The SMILES string of the molecule is COC(=O)c1cc(-c2cccc(F)c2F)c2cccnc2c1. The Bertz CT molecular complexity index is 878. The molecule has 0 aliphatic heterocycles. The Morgan fingerprint density at radius 3 is 2.68 bits per heavy atom. The van der Waals surface area contributed by atoms with E-state index < -0.39 is 17.6 Å². The van der Waals surface area contributed by atoms with Gasteiger partial charge in [0.2, 0.25) is 0 Å². The second kappa shape index (κ2) is 5.52. The van der Waals surface area contributed by atoms with Crippen LogP contribution in [0.2, 0.25) is 0 Å². The van der Waals surface area contributed by atoms with E-state index in [0.29, 0.717) is 16.5 Å². The minimum atomic E-state index is -0.963. The summed E-state index contributed by atoms with van der Waals surface area (Å²) >= 11 is 0. The summed E-state index contributed by atoms with van der Waals surface area (Å²) in [7, 11) is 1.26. The number of pyridine rings is 1. The van der Waals surface area contributed by atoms with Crippen LogP contribution in [0.15, 0.2) is 48.7 Å². The average Bonchev–Trinajstić information content (AvgIpc) is 2.55. The molecule has 3 rings (SSSR count). The fourth-order valence-electron chi connectivity index (χ4n) is 2.35. The van der Waals surface area contributed by atoms with Crippen LogP contribution in [0, 0.1) is 11.6 Å². The van der Waals surface area contributed by atoms with Crippen molar-refractivity contribution in [3.63, 3.8) is 0 Å². The van der Waals surface area contributed by atoms with Gasteiger partial charge in [-0.05, 0) is 29.8 Å². The molecule has 22 heavy (non-hydrogen) atoms. The van der Waals surface area contributed by atoms with Crippen molar-refractivity contribution in [3.05, 3.63) is 65.9 Å². The molecule has 1 aromatic heterocycles. The lowest BCUT2D eigenvalue weighted by atomic mass is 9.97. The highest BCUT2D eigenvalue weighted by atomic mass is 19.2. The van der Waals surface area contributed by atoms with Gasteiger partial charge in [-0.3, -0.25) is 4.98 Å². The van der Waals surface area contributed by atoms with Crippen molar-refractivity contribution < 1.29 is 18.3 Å². The Hall–Kier alpha value is -2.82. The number of benzene rings is 2. The highest BCUT2D eigenvalue weighted by molar-refractivity contribution is 6.01. The van der Waals surface area contributed by atoms with Gasteiger partial charge < -0.3 is 4.74 Å². The maximum Gasteiger partial charge on any atom is 0.337 e. The number of hydrogen-bond donors (Lipinski definition) is 0. The maximum absolute atomic E-state index is 14.1. The first-order valence-electron chi connectivity index (χ1n) is 6.53. The van der Waals surface area contributed by atoms with Crippen LogP contribution >= 0.6 is 0 Å². The molecule has 0 atom stereocenters. The normalized spacial score (nSPS) is 10.7. The number of hydrogen-bond acceptors (Lipinski definition) is 3. The van der Waals surface area contributed by atoms with E-state index >= 15 is 0 Å². The minimum absolute atomic E-state index is 0.0729. The predicted molar refractivity (Wildman–Crippen MR) is 78.4 cm³/mol. The molecule has 0 saturated carbocycles. The van der Waals surface area contributed by atoms with Crippen LogP contribution in [0.3, 0.4) is 0 Å². The predicted octanol–water partition coefficient (Wildman–Crippen LogP) is 3.97. The summed E-state index contributed by atoms with van der Waals surface area (Å²) in [6.45, 7) is 0. The summed E-state index contributed by atoms with van der Waals surface area (Å²) in [5.74, 6) is -2.47. The number of fused-ring (bicyclic) bond motifs is 1. The molecule has 1 heterocycles. The van der Waals surface area contributed by atoms with Crippen LogP contribution in [0.1, 0.15) is 10.4 Å². The minimum Gasteiger partial charge on any atom is -0.465 e. The number of methoxy groups -OCH3 is 1. The van der Waals surface area contributed by atoms with E-state index in [1.807, 2.05) is 0 Å². The van der Waals surface area contributed by atoms with Crippen molar-refractivity contribution in [1.82, 2.24) is 4.98 Å². The smallest absolute Gasteiger partial charge is 0.337 e. The Morgan fingerprint density at radius 1 is 1.09 bits per heavy atom. The average molecular weight is 299 g/mol. The van der Waals surface area contributed by atoms with E-state index in [1.54, 1.807) is 24.4 Å². The summed E-state index contributed by atoms with van der Waals surface area (Å²) in [6, 6.07) is 10.4. The maximum atomic E-state index is 14.1. The number of carbonyl (C=O) groups is 1. The lowest BCUT2D eigenvalue weighted by molar-refractivity contribution is 0.0601. The van der Waals surface area contributed by atoms with Crippen molar-refractivity contribution in [3.8, 4) is 11.1 Å². The molecule has 0 bridgehead atoms. The van der Waals surface area contributed by atoms with Gasteiger partial charge in [0.15, 0.2) is 11.6 Å². The van der Waals surface area contributed by atoms with Gasteiger partial charge in [0.1, 0.15) is 0 Å². The molecule has 3 aromatic rings. The molecular weight excluding hydrogens is 288 g/mol. The molecule has 5 heteroatoms. The highest BCUT2D eigenvalue weighted by Gasteiger charge is 2.16. The van der Waals surface area contributed by atoms with Crippen molar-refractivity contribution in [2.75, 3.05) is 7.11 Å². The molecule has 0 radical (unpaired) electrons. The Balaban J connectivity index is 2.36. The van der Waals surface area contributed by atoms with Crippen molar-refractivity contribution >= 4 is 16.9 Å². The number of halogens is 2. The van der Waals surface area contributed by atoms with Gasteiger partial charge in [-0.1, -0.05) is 18.2 Å². The first-order chi connectivity index (χ1) is 10.6. The molecule has 0 aliphatic rings. The third-order valence-electron chi connectivity index (χ3n) is 3.38. The van der Waals surface area contributed by atoms with Gasteiger partial charge in [0.05, 0.1) is 18.2 Å². The molecule has 0 fully saturated rings. The van der Waals surface area contributed by atoms with Gasteiger partial charge in [-0.2, -0.15) is 0 Å². The lowest BCUT2D eigenvalue weighted by Gasteiger charge is -2.10. The lowest BCUT2D eigenvalue weighted by Crippen LogP contribution is -2.02. The molecule has 3 nitrogen and oxygen atoms in total. The quantitative estimate of drug-likeness (QED) is 0.672. The Labute approximate surface area is 125 Å². The highest BCUT2D eigenvalue weighted by Crippen LogP contribution is 2.32. The number of esters is 1. The molecule has 0 spiro atoms. The number of aromatic nitrogens is 1. The van der Waals surface area contributed by atoms with Crippen molar-refractivity contribution in [1.29, 1.82) is 0 Å². The summed E-state index contributed by atoms with van der Waals surface area (Å²) in [4.78, 5) is 15.9. The van der Waals surface area contributed by atoms with Crippen molar-refractivity contribution in [2.24, 2.45) is 0 Å². The van der Waals surface area contributed by atoms with E-state index in [9.17, 15) is 13.6 Å². The fraction of sp³-hybridized carbons (Fsp3) is 0.0588. The van der Waals surface area contributed by atoms with E-state index in [2.05, 4.69) is 4.98 Å². The third-order valence-corrected chi connectivity index (χ3v) is 3.38. The largest absolute Gasteiger partial charge is 0.465 e. The molecule has 0 unspecified atom stereocenters. The zero-order valence-corrected chi connectivity index (χ0v) is 11.6. The molecule has 2 aromatic carbocycles. The van der Waals surface area contributed by atoms with Crippen LogP contribution in [0.4, 0.5) is 8.78 Å². The van der Waals surface area contributed by atoms with Gasteiger partial charge in [0, 0.05) is 17.1 Å². The third kappa shape index (κ3) is 2.30. The summed E-state index contributed by atoms with van der Waals surface area (Å²) in [5, 5.41) is 0.625. The molecular formula is C17H11F2NO2. The summed E-state index contributed by atoms with van der Waals surface area (Å²) in [6.07, 6.45) is 1.56. The second-order valence-electron chi connectivity index (χ2n) is 4.69. The van der Waals surface area contributed by atoms with Crippen LogP contribution in [-0.2, 0) is 4.74 Å². The number of rotatable bonds is 2.